The first-order chi connectivity index (χ1) is 14.1. The maximum absolute atomic E-state index is 13.0. The summed E-state index contributed by atoms with van der Waals surface area (Å²) >= 11 is 0. The Labute approximate surface area is 170 Å². The Kier molecular flexibility index (Phi) is 5.64. The summed E-state index contributed by atoms with van der Waals surface area (Å²) < 4.78 is 17.1. The van der Waals surface area contributed by atoms with Gasteiger partial charge in [-0.1, -0.05) is 12.1 Å². The van der Waals surface area contributed by atoms with Gasteiger partial charge in [0.25, 0.3) is 5.91 Å². The Morgan fingerprint density at radius 3 is 2.66 bits per heavy atom. The fraction of sp³-hybridized carbons (Fsp3) is 0.476. The molecule has 0 atom stereocenters. The maximum atomic E-state index is 13.0. The number of nitrogens with zero attached hydrogens (tertiary/aromatic N) is 3. The summed E-state index contributed by atoms with van der Waals surface area (Å²) in [5, 5.41) is 3.18. The zero-order valence-corrected chi connectivity index (χ0v) is 16.8. The van der Waals surface area contributed by atoms with Gasteiger partial charge in [0, 0.05) is 31.6 Å². The molecule has 0 unspecified atom stereocenters. The minimum atomic E-state index is -0.506. The minimum absolute atomic E-state index is 0.107. The summed E-state index contributed by atoms with van der Waals surface area (Å²) in [4.78, 5) is 23.7. The van der Waals surface area contributed by atoms with Gasteiger partial charge >= 0.3 is 0 Å². The molecule has 1 aromatic heterocycles. The predicted molar refractivity (Wildman–Crippen MR) is 107 cm³/mol. The van der Waals surface area contributed by atoms with Crippen molar-refractivity contribution in [3.63, 3.8) is 0 Å². The van der Waals surface area contributed by atoms with Gasteiger partial charge in [-0.15, -0.1) is 0 Å². The Morgan fingerprint density at radius 2 is 1.93 bits per heavy atom. The third-order valence-corrected chi connectivity index (χ3v) is 5.13. The number of aryl methyl sites for hydroxylation is 1. The van der Waals surface area contributed by atoms with Crippen molar-refractivity contribution >= 4 is 17.5 Å². The van der Waals surface area contributed by atoms with E-state index in [1.165, 1.54) is 0 Å². The SMILES string of the molecule is CCOc1ccccc1Nc1nc(C)cc(C(=O)N2CCC3(CC2)OCCO3)n1. The lowest BCUT2D eigenvalue weighted by Gasteiger charge is -2.37. The summed E-state index contributed by atoms with van der Waals surface area (Å²) in [6.45, 7) is 6.75. The Balaban J connectivity index is 1.49. The first-order valence-corrected chi connectivity index (χ1v) is 10.0. The number of anilines is 2. The summed E-state index contributed by atoms with van der Waals surface area (Å²) in [7, 11) is 0. The number of carbonyl (C=O) groups is 1. The fourth-order valence-electron chi connectivity index (χ4n) is 3.70. The van der Waals surface area contributed by atoms with E-state index in [2.05, 4.69) is 15.3 Å². The van der Waals surface area contributed by atoms with E-state index in [1.807, 2.05) is 38.1 Å². The van der Waals surface area contributed by atoms with Crippen molar-refractivity contribution in [1.82, 2.24) is 14.9 Å². The molecular weight excluding hydrogens is 372 g/mol. The molecule has 8 heteroatoms. The van der Waals surface area contributed by atoms with Gasteiger partial charge in [-0.3, -0.25) is 4.79 Å². The van der Waals surface area contributed by atoms with Gasteiger partial charge in [0.1, 0.15) is 11.4 Å². The van der Waals surface area contributed by atoms with Crippen LogP contribution >= 0.6 is 0 Å². The lowest BCUT2D eigenvalue weighted by molar-refractivity contribution is -0.181. The second-order valence-corrected chi connectivity index (χ2v) is 7.17. The van der Waals surface area contributed by atoms with Gasteiger partial charge in [0.2, 0.25) is 5.95 Å². The lowest BCUT2D eigenvalue weighted by atomic mass is 10.0. The molecule has 29 heavy (non-hydrogen) atoms. The van der Waals surface area contributed by atoms with Gasteiger partial charge in [0.15, 0.2) is 5.79 Å². The summed E-state index contributed by atoms with van der Waals surface area (Å²) in [5.74, 6) is 0.473. The molecule has 2 aliphatic rings. The van der Waals surface area contributed by atoms with E-state index in [0.29, 0.717) is 63.1 Å². The highest BCUT2D eigenvalue weighted by atomic mass is 16.7. The summed E-state index contributed by atoms with van der Waals surface area (Å²) in [6.07, 6.45) is 1.35. The maximum Gasteiger partial charge on any atom is 0.272 e. The molecule has 0 saturated carbocycles. The van der Waals surface area contributed by atoms with Crippen LogP contribution in [0.25, 0.3) is 0 Å². The highest BCUT2D eigenvalue weighted by Crippen LogP contribution is 2.32. The zero-order chi connectivity index (χ0) is 20.3. The third-order valence-electron chi connectivity index (χ3n) is 5.13. The predicted octanol–water partition coefficient (Wildman–Crippen LogP) is 2.91. The van der Waals surface area contributed by atoms with Crippen LogP contribution in [0.1, 0.15) is 35.9 Å². The molecule has 0 bridgehead atoms. The Bertz CT molecular complexity index is 873. The standard InChI is InChI=1S/C21H26N4O4/c1-3-27-18-7-5-4-6-16(18)23-20-22-15(2)14-17(24-20)19(26)25-10-8-21(9-11-25)28-12-13-29-21/h4-7,14H,3,8-13H2,1-2H3,(H,22,23,24). The molecule has 1 spiro atoms. The number of ether oxygens (including phenoxy) is 3. The van der Waals surface area contributed by atoms with Gasteiger partial charge in [-0.2, -0.15) is 0 Å². The van der Waals surface area contributed by atoms with E-state index >= 15 is 0 Å². The monoisotopic (exact) mass is 398 g/mol. The van der Waals surface area contributed by atoms with Crippen LogP contribution in [0.2, 0.25) is 0 Å². The number of amides is 1. The van der Waals surface area contributed by atoms with Crippen molar-refractivity contribution in [1.29, 1.82) is 0 Å². The lowest BCUT2D eigenvalue weighted by Crippen LogP contribution is -2.47. The molecule has 2 aliphatic heterocycles. The largest absolute Gasteiger partial charge is 0.492 e. The van der Waals surface area contributed by atoms with Gasteiger partial charge in [-0.25, -0.2) is 9.97 Å². The Hall–Kier alpha value is -2.71. The van der Waals surface area contributed by atoms with Crippen LogP contribution in [0, 0.1) is 6.92 Å². The quantitative estimate of drug-likeness (QED) is 0.829. The van der Waals surface area contributed by atoms with Crippen molar-refractivity contribution in [3.05, 3.63) is 41.7 Å². The first-order valence-electron chi connectivity index (χ1n) is 10.0. The van der Waals surface area contributed by atoms with Crippen LogP contribution in [0.15, 0.2) is 30.3 Å². The average molecular weight is 398 g/mol. The van der Waals surface area contributed by atoms with E-state index in [4.69, 9.17) is 14.2 Å². The smallest absolute Gasteiger partial charge is 0.272 e. The third kappa shape index (κ3) is 4.33. The van der Waals surface area contributed by atoms with Crippen LogP contribution in [0.3, 0.4) is 0 Å². The second kappa shape index (κ2) is 8.34. The zero-order valence-electron chi connectivity index (χ0n) is 16.8. The van der Waals surface area contributed by atoms with Gasteiger partial charge in [-0.05, 0) is 32.0 Å². The molecule has 1 aromatic carbocycles. The second-order valence-electron chi connectivity index (χ2n) is 7.17. The molecule has 1 N–H and O–H groups in total. The Morgan fingerprint density at radius 1 is 1.21 bits per heavy atom. The van der Waals surface area contributed by atoms with Gasteiger partial charge < -0.3 is 24.4 Å². The van der Waals surface area contributed by atoms with Crippen LogP contribution in [-0.4, -0.2) is 59.5 Å². The molecule has 0 radical (unpaired) electrons. The molecule has 4 rings (SSSR count). The fourth-order valence-corrected chi connectivity index (χ4v) is 3.70. The number of hydrogen-bond acceptors (Lipinski definition) is 7. The van der Waals surface area contributed by atoms with E-state index in [1.54, 1.807) is 11.0 Å². The molecule has 0 aliphatic carbocycles. The number of rotatable bonds is 5. The van der Waals surface area contributed by atoms with Crippen molar-refractivity contribution < 1.29 is 19.0 Å². The molecule has 154 valence electrons. The number of piperidine rings is 1. The van der Waals surface area contributed by atoms with E-state index in [0.717, 1.165) is 11.4 Å². The molecule has 2 fully saturated rings. The number of hydrogen-bond donors (Lipinski definition) is 1. The van der Waals surface area contributed by atoms with E-state index < -0.39 is 5.79 Å². The summed E-state index contributed by atoms with van der Waals surface area (Å²) in [6, 6.07) is 9.30. The number of aromatic nitrogens is 2. The van der Waals surface area contributed by atoms with Crippen molar-refractivity contribution in [2.75, 3.05) is 38.2 Å². The number of likely N-dealkylation sites (tertiary alicyclic amines) is 1. The number of nitrogens with one attached hydrogen (secondary N) is 1. The van der Waals surface area contributed by atoms with Crippen molar-refractivity contribution in [2.45, 2.75) is 32.5 Å². The van der Waals surface area contributed by atoms with Crippen LogP contribution in [0.5, 0.6) is 5.75 Å². The van der Waals surface area contributed by atoms with Crippen LogP contribution < -0.4 is 10.1 Å². The molecule has 3 heterocycles. The molecule has 8 nitrogen and oxygen atoms in total. The average Bonchev–Trinajstić information content (AvgIpc) is 3.17. The highest BCUT2D eigenvalue weighted by Gasteiger charge is 2.41. The van der Waals surface area contributed by atoms with Gasteiger partial charge in [0.05, 0.1) is 25.5 Å². The van der Waals surface area contributed by atoms with Crippen LogP contribution in [0.4, 0.5) is 11.6 Å². The summed E-state index contributed by atoms with van der Waals surface area (Å²) in [5.41, 5.74) is 1.85. The highest BCUT2D eigenvalue weighted by molar-refractivity contribution is 5.92. The van der Waals surface area contributed by atoms with Crippen LogP contribution in [-0.2, 0) is 9.47 Å². The first kappa shape index (κ1) is 19.6. The topological polar surface area (TPSA) is 85.8 Å². The minimum Gasteiger partial charge on any atom is -0.492 e. The van der Waals surface area contributed by atoms with E-state index in [-0.39, 0.29) is 5.91 Å². The molecule has 1 amide bonds. The molecule has 2 saturated heterocycles. The van der Waals surface area contributed by atoms with Crippen molar-refractivity contribution in [2.24, 2.45) is 0 Å². The number of para-hydroxylation sites is 2. The number of carbonyl (C=O) groups excluding carboxylic acids is 1. The number of benzene rings is 1. The molecule has 2 aromatic rings. The van der Waals surface area contributed by atoms with E-state index in [9.17, 15) is 4.79 Å². The normalized spacial score (nSPS) is 18.1. The van der Waals surface area contributed by atoms with Crippen molar-refractivity contribution in [3.8, 4) is 5.75 Å². The molecular formula is C21H26N4O4.